The van der Waals surface area contributed by atoms with Gasteiger partial charge in [-0.2, -0.15) is 0 Å². The van der Waals surface area contributed by atoms with E-state index >= 15 is 0 Å². The van der Waals surface area contributed by atoms with Crippen LogP contribution in [0, 0.1) is 5.41 Å². The lowest BCUT2D eigenvalue weighted by Gasteiger charge is -2.55. The summed E-state index contributed by atoms with van der Waals surface area (Å²) in [5, 5.41) is 3.84. The van der Waals surface area contributed by atoms with Crippen molar-refractivity contribution in [2.45, 2.75) is 82.4 Å². The van der Waals surface area contributed by atoms with Crippen LogP contribution < -0.4 is 5.32 Å². The van der Waals surface area contributed by atoms with Gasteiger partial charge >= 0.3 is 0 Å². The monoisotopic (exact) mass is 292 g/mol. The third-order valence-electron chi connectivity index (χ3n) is 6.96. The Morgan fingerprint density at radius 3 is 2.29 bits per heavy atom. The molecule has 3 saturated carbocycles. The second-order valence-electron chi connectivity index (χ2n) is 8.44. The van der Waals surface area contributed by atoms with Crippen LogP contribution in [0.15, 0.2) is 0 Å². The van der Waals surface area contributed by atoms with E-state index in [1.165, 1.54) is 77.4 Å². The molecule has 10 rings (SSSR count). The van der Waals surface area contributed by atoms with Crippen LogP contribution in [0.2, 0.25) is 0 Å². The molecule has 7 heterocycles. The highest BCUT2D eigenvalue weighted by Gasteiger charge is 2.49. The van der Waals surface area contributed by atoms with Gasteiger partial charge in [-0.3, -0.25) is 0 Å². The van der Waals surface area contributed by atoms with E-state index in [2.05, 4.69) is 17.1 Å². The molecule has 3 nitrogen and oxygen atoms in total. The zero-order chi connectivity index (χ0) is 14.3. The van der Waals surface area contributed by atoms with Crippen LogP contribution in [-0.2, 0) is 4.74 Å². The van der Waals surface area contributed by atoms with Gasteiger partial charge in [0.2, 0.25) is 0 Å². The molecule has 10 fully saturated rings. The van der Waals surface area contributed by atoms with Crippen molar-refractivity contribution < 1.29 is 4.74 Å². The minimum Gasteiger partial charge on any atom is -0.375 e. The van der Waals surface area contributed by atoms with E-state index in [9.17, 15) is 0 Å². The van der Waals surface area contributed by atoms with Crippen molar-refractivity contribution in [2.24, 2.45) is 5.41 Å². The molecule has 3 heteroatoms. The number of hydrogen-bond acceptors (Lipinski definition) is 3. The van der Waals surface area contributed by atoms with E-state index < -0.39 is 0 Å². The highest BCUT2D eigenvalue weighted by atomic mass is 16.5. The molecule has 7 saturated heterocycles. The van der Waals surface area contributed by atoms with Crippen LogP contribution >= 0.6 is 0 Å². The first-order chi connectivity index (χ1) is 10.2. The third-order valence-corrected chi connectivity index (χ3v) is 6.96. The van der Waals surface area contributed by atoms with E-state index in [4.69, 9.17) is 4.74 Å². The van der Waals surface area contributed by atoms with Gasteiger partial charge in [0.25, 0.3) is 0 Å². The quantitative estimate of drug-likeness (QED) is 0.743. The first-order valence-corrected chi connectivity index (χ1v) is 9.30. The molecule has 0 radical (unpaired) electrons. The summed E-state index contributed by atoms with van der Waals surface area (Å²) in [5.74, 6) is 0. The van der Waals surface area contributed by atoms with Crippen molar-refractivity contribution >= 4 is 0 Å². The Bertz CT molecular complexity index is 351. The molecule has 1 unspecified atom stereocenters. The Morgan fingerprint density at radius 2 is 1.62 bits per heavy atom. The molecule has 0 aromatic heterocycles. The lowest BCUT2D eigenvalue weighted by Crippen LogP contribution is -2.54. The number of nitrogens with one attached hydrogen (secondary N) is 1. The van der Waals surface area contributed by atoms with Crippen molar-refractivity contribution in [1.82, 2.24) is 10.2 Å². The Labute approximate surface area is 129 Å². The van der Waals surface area contributed by atoms with Crippen molar-refractivity contribution in [3.8, 4) is 0 Å². The lowest BCUT2D eigenvalue weighted by molar-refractivity contribution is -0.144. The third kappa shape index (κ3) is 2.89. The highest BCUT2D eigenvalue weighted by molar-refractivity contribution is 5.02. The summed E-state index contributed by atoms with van der Waals surface area (Å²) in [6.45, 7) is 7.29. The molecule has 0 aromatic rings. The largest absolute Gasteiger partial charge is 0.375 e. The number of rotatable bonds is 0. The van der Waals surface area contributed by atoms with Gasteiger partial charge in [0.15, 0.2) is 0 Å². The molecule has 7 aliphatic heterocycles. The summed E-state index contributed by atoms with van der Waals surface area (Å²) >= 11 is 0. The van der Waals surface area contributed by atoms with Crippen LogP contribution in [0.1, 0.15) is 64.7 Å². The molecule has 10 aliphatic rings. The zero-order valence-electron chi connectivity index (χ0n) is 13.7. The summed E-state index contributed by atoms with van der Waals surface area (Å²) in [4.78, 5) is 2.77. The summed E-state index contributed by atoms with van der Waals surface area (Å²) in [6.07, 6.45) is 12.1. The molecule has 3 aliphatic carbocycles. The smallest absolute Gasteiger partial charge is 0.0683 e. The fourth-order valence-corrected chi connectivity index (χ4v) is 5.35. The van der Waals surface area contributed by atoms with Gasteiger partial charge in [-0.25, -0.2) is 0 Å². The van der Waals surface area contributed by atoms with Gasteiger partial charge in [-0.1, -0.05) is 0 Å². The molecule has 0 amide bonds. The average molecular weight is 292 g/mol. The summed E-state index contributed by atoms with van der Waals surface area (Å²) in [5.41, 5.74) is 0.905. The topological polar surface area (TPSA) is 24.5 Å². The van der Waals surface area contributed by atoms with Gasteiger partial charge in [-0.15, -0.1) is 0 Å². The predicted molar refractivity (Wildman–Crippen MR) is 85.5 cm³/mol. The summed E-state index contributed by atoms with van der Waals surface area (Å²) in [6, 6.07) is 1.34. The van der Waals surface area contributed by atoms with Crippen LogP contribution in [-0.4, -0.2) is 48.8 Å². The van der Waals surface area contributed by atoms with E-state index in [0.717, 1.165) is 12.6 Å². The summed E-state index contributed by atoms with van der Waals surface area (Å²) < 4.78 is 6.44. The zero-order valence-corrected chi connectivity index (χ0v) is 13.7. The Balaban J connectivity index is 1.51. The molecule has 0 spiro atoms. The normalized spacial score (nSPS) is 51.0. The maximum atomic E-state index is 6.44. The average Bonchev–Trinajstić information content (AvgIpc) is 2.51. The molecule has 1 atom stereocenters. The Hall–Kier alpha value is -0.120. The standard InChI is InChI=1S/C18H32N2O/c1-15-4-13-21-18-8-5-17(6-9-18,7-10-18)14-20-11-2-16(19-15)3-12-20/h15-16,19H,2-14H2,1H3. The van der Waals surface area contributed by atoms with Gasteiger partial charge in [-0.05, 0) is 83.2 Å². The second-order valence-corrected chi connectivity index (χ2v) is 8.44. The Morgan fingerprint density at radius 1 is 0.952 bits per heavy atom. The number of hydrogen-bond donors (Lipinski definition) is 1. The van der Waals surface area contributed by atoms with E-state index in [-0.39, 0.29) is 5.60 Å². The molecular weight excluding hydrogens is 260 g/mol. The molecule has 21 heavy (non-hydrogen) atoms. The molecule has 4 bridgehead atoms. The lowest BCUT2D eigenvalue weighted by atomic mass is 9.58. The molecule has 120 valence electrons. The molecule has 0 aromatic carbocycles. The van der Waals surface area contributed by atoms with Crippen LogP contribution in [0.5, 0.6) is 0 Å². The number of piperidine rings is 1. The fourth-order valence-electron chi connectivity index (χ4n) is 5.35. The maximum Gasteiger partial charge on any atom is 0.0683 e. The van der Waals surface area contributed by atoms with E-state index in [0.29, 0.717) is 11.5 Å². The number of ether oxygens (including phenoxy) is 1. The van der Waals surface area contributed by atoms with Crippen molar-refractivity contribution in [3.63, 3.8) is 0 Å². The Kier molecular flexibility index (Phi) is 3.79. The van der Waals surface area contributed by atoms with Gasteiger partial charge in [0, 0.05) is 25.2 Å². The van der Waals surface area contributed by atoms with Crippen molar-refractivity contribution in [1.29, 1.82) is 0 Å². The van der Waals surface area contributed by atoms with Crippen LogP contribution in [0.25, 0.3) is 0 Å². The number of nitrogens with zero attached hydrogens (tertiary/aromatic N) is 1. The van der Waals surface area contributed by atoms with Crippen molar-refractivity contribution in [3.05, 3.63) is 0 Å². The molecular formula is C18H32N2O. The minimum absolute atomic E-state index is 0.264. The van der Waals surface area contributed by atoms with Gasteiger partial charge < -0.3 is 15.0 Å². The van der Waals surface area contributed by atoms with E-state index in [1.807, 2.05) is 0 Å². The first kappa shape index (κ1) is 14.5. The maximum absolute atomic E-state index is 6.44. The van der Waals surface area contributed by atoms with Crippen LogP contribution in [0.3, 0.4) is 0 Å². The SMILES string of the molecule is CC1CCOC23CCC(CC2)(CC3)CN2CCC(CC2)N1. The van der Waals surface area contributed by atoms with Gasteiger partial charge in [0.1, 0.15) is 0 Å². The van der Waals surface area contributed by atoms with Crippen LogP contribution in [0.4, 0.5) is 0 Å². The first-order valence-electron chi connectivity index (χ1n) is 9.30. The minimum atomic E-state index is 0.264. The predicted octanol–water partition coefficient (Wildman–Crippen LogP) is 2.94. The van der Waals surface area contributed by atoms with Crippen molar-refractivity contribution in [2.75, 3.05) is 26.2 Å². The summed E-state index contributed by atoms with van der Waals surface area (Å²) in [7, 11) is 0. The fraction of sp³-hybridized carbons (Fsp3) is 1.00. The second kappa shape index (κ2) is 5.50. The highest BCUT2D eigenvalue weighted by Crippen LogP contribution is 2.54. The van der Waals surface area contributed by atoms with E-state index in [1.54, 1.807) is 0 Å². The molecule has 1 N–H and O–H groups in total. The van der Waals surface area contributed by atoms with Gasteiger partial charge in [0.05, 0.1) is 5.60 Å².